The number of ether oxygens (including phenoxy) is 1. The quantitative estimate of drug-likeness (QED) is 0.617. The maximum Gasteiger partial charge on any atom is 0.310 e. The first-order valence-electron chi connectivity index (χ1n) is 4.38. The van der Waals surface area contributed by atoms with Crippen molar-refractivity contribution < 1.29 is 9.53 Å². The van der Waals surface area contributed by atoms with Gasteiger partial charge in [-0.25, -0.2) is 4.98 Å². The third kappa shape index (κ3) is 3.87. The second kappa shape index (κ2) is 5.10. The van der Waals surface area contributed by atoms with Crippen molar-refractivity contribution in [1.29, 1.82) is 0 Å². The van der Waals surface area contributed by atoms with Crippen LogP contribution in [0.2, 0.25) is 0 Å². The fourth-order valence-electron chi connectivity index (χ4n) is 0.982. The smallest absolute Gasteiger partial charge is 0.310 e. The van der Waals surface area contributed by atoms with E-state index in [0.717, 1.165) is 10.2 Å². The van der Waals surface area contributed by atoms with Crippen LogP contribution in [0.25, 0.3) is 0 Å². The fraction of sp³-hybridized carbons (Fsp3) is 0.400. The molecule has 0 N–H and O–H groups in total. The standard InChI is InChI=1S/C10H12BrNO2/c1-7(2)14-10(13)5-8-3-4-9(11)12-6-8/h3-4,6-7H,5H2,1-2H3. The van der Waals surface area contributed by atoms with E-state index in [9.17, 15) is 4.79 Å². The highest BCUT2D eigenvalue weighted by atomic mass is 79.9. The maximum atomic E-state index is 11.2. The van der Waals surface area contributed by atoms with Crippen LogP contribution in [0.1, 0.15) is 19.4 Å². The molecule has 0 spiro atoms. The molecule has 0 aliphatic rings. The minimum atomic E-state index is -0.218. The first kappa shape index (κ1) is 11.2. The topological polar surface area (TPSA) is 39.2 Å². The molecule has 1 heterocycles. The van der Waals surface area contributed by atoms with E-state index in [1.807, 2.05) is 19.9 Å². The van der Waals surface area contributed by atoms with E-state index in [1.165, 1.54) is 0 Å². The zero-order valence-electron chi connectivity index (χ0n) is 8.16. The van der Waals surface area contributed by atoms with Gasteiger partial charge in [-0.2, -0.15) is 0 Å². The average molecular weight is 258 g/mol. The van der Waals surface area contributed by atoms with Gasteiger partial charge in [-0.1, -0.05) is 6.07 Å². The van der Waals surface area contributed by atoms with Crippen molar-refractivity contribution >= 4 is 21.9 Å². The molecule has 4 heteroatoms. The molecule has 0 saturated carbocycles. The van der Waals surface area contributed by atoms with Gasteiger partial charge in [0.1, 0.15) is 4.60 Å². The number of nitrogens with zero attached hydrogens (tertiary/aromatic N) is 1. The molecule has 0 amide bonds. The van der Waals surface area contributed by atoms with Crippen LogP contribution in [0.4, 0.5) is 0 Å². The number of aromatic nitrogens is 1. The second-order valence-electron chi connectivity index (χ2n) is 3.20. The predicted molar refractivity (Wildman–Crippen MR) is 56.9 cm³/mol. The Hall–Kier alpha value is -0.900. The molecule has 0 unspecified atom stereocenters. The molecule has 0 aromatic carbocycles. The van der Waals surface area contributed by atoms with Gasteiger partial charge >= 0.3 is 5.97 Å². The summed E-state index contributed by atoms with van der Waals surface area (Å²) in [4.78, 5) is 15.3. The molecule has 3 nitrogen and oxygen atoms in total. The molecule has 1 aromatic heterocycles. The Kier molecular flexibility index (Phi) is 4.07. The first-order valence-corrected chi connectivity index (χ1v) is 5.17. The molecule has 0 aliphatic carbocycles. The lowest BCUT2D eigenvalue weighted by atomic mass is 10.2. The summed E-state index contributed by atoms with van der Waals surface area (Å²) >= 11 is 3.22. The Balaban J connectivity index is 2.52. The van der Waals surface area contributed by atoms with E-state index < -0.39 is 0 Å². The van der Waals surface area contributed by atoms with E-state index in [-0.39, 0.29) is 18.5 Å². The van der Waals surface area contributed by atoms with Gasteiger partial charge < -0.3 is 4.74 Å². The lowest BCUT2D eigenvalue weighted by Gasteiger charge is -2.07. The molecule has 0 fully saturated rings. The third-order valence-electron chi connectivity index (χ3n) is 1.50. The Morgan fingerprint density at radius 2 is 2.29 bits per heavy atom. The zero-order valence-corrected chi connectivity index (χ0v) is 9.74. The summed E-state index contributed by atoms with van der Waals surface area (Å²) in [6.07, 6.45) is 1.87. The first-order chi connectivity index (χ1) is 6.58. The van der Waals surface area contributed by atoms with E-state index >= 15 is 0 Å². The number of rotatable bonds is 3. The van der Waals surface area contributed by atoms with E-state index in [2.05, 4.69) is 20.9 Å². The van der Waals surface area contributed by atoms with Crippen LogP contribution in [-0.4, -0.2) is 17.1 Å². The lowest BCUT2D eigenvalue weighted by Crippen LogP contribution is -2.13. The molecule has 1 aromatic rings. The molecular weight excluding hydrogens is 246 g/mol. The van der Waals surface area contributed by atoms with Gasteiger partial charge in [0.2, 0.25) is 0 Å². The normalized spacial score (nSPS) is 10.3. The van der Waals surface area contributed by atoms with Gasteiger partial charge in [0.25, 0.3) is 0 Å². The highest BCUT2D eigenvalue weighted by Gasteiger charge is 2.06. The minimum Gasteiger partial charge on any atom is -0.463 e. The summed E-state index contributed by atoms with van der Waals surface area (Å²) in [5.41, 5.74) is 0.860. The Labute approximate surface area is 91.6 Å². The number of hydrogen-bond acceptors (Lipinski definition) is 3. The van der Waals surface area contributed by atoms with Gasteiger partial charge in [0, 0.05) is 6.20 Å². The molecule has 14 heavy (non-hydrogen) atoms. The Morgan fingerprint density at radius 1 is 1.57 bits per heavy atom. The Bertz CT molecular complexity index is 308. The number of hydrogen-bond donors (Lipinski definition) is 0. The summed E-state index contributed by atoms with van der Waals surface area (Å²) in [7, 11) is 0. The largest absolute Gasteiger partial charge is 0.463 e. The Morgan fingerprint density at radius 3 is 2.79 bits per heavy atom. The van der Waals surface area contributed by atoms with Crippen LogP contribution in [0.5, 0.6) is 0 Å². The molecule has 0 bridgehead atoms. The van der Waals surface area contributed by atoms with Gasteiger partial charge in [-0.05, 0) is 41.4 Å². The zero-order chi connectivity index (χ0) is 10.6. The average Bonchev–Trinajstić information content (AvgIpc) is 2.07. The van der Waals surface area contributed by atoms with Crippen LogP contribution in [0, 0.1) is 0 Å². The van der Waals surface area contributed by atoms with E-state index in [4.69, 9.17) is 4.74 Å². The lowest BCUT2D eigenvalue weighted by molar-refractivity contribution is -0.146. The molecule has 76 valence electrons. The molecule has 0 saturated heterocycles. The minimum absolute atomic E-state index is 0.0640. The number of carbonyl (C=O) groups is 1. The van der Waals surface area contributed by atoms with Crippen molar-refractivity contribution in [3.63, 3.8) is 0 Å². The summed E-state index contributed by atoms with van der Waals surface area (Å²) < 4.78 is 5.77. The van der Waals surface area contributed by atoms with Crippen molar-refractivity contribution in [1.82, 2.24) is 4.98 Å². The number of halogens is 1. The van der Waals surface area contributed by atoms with Crippen molar-refractivity contribution in [3.8, 4) is 0 Å². The SMILES string of the molecule is CC(C)OC(=O)Cc1ccc(Br)nc1. The van der Waals surface area contributed by atoms with Gasteiger partial charge in [0.15, 0.2) is 0 Å². The van der Waals surface area contributed by atoms with E-state index in [1.54, 1.807) is 12.3 Å². The molecule has 0 radical (unpaired) electrons. The molecule has 0 aliphatic heterocycles. The second-order valence-corrected chi connectivity index (χ2v) is 4.02. The van der Waals surface area contributed by atoms with Gasteiger partial charge in [-0.15, -0.1) is 0 Å². The summed E-state index contributed by atoms with van der Waals surface area (Å²) in [5.74, 6) is -0.218. The number of pyridine rings is 1. The van der Waals surface area contributed by atoms with Crippen molar-refractivity contribution in [2.45, 2.75) is 26.4 Å². The molecule has 1 rings (SSSR count). The van der Waals surface area contributed by atoms with Gasteiger partial charge in [-0.3, -0.25) is 4.79 Å². The highest BCUT2D eigenvalue weighted by Crippen LogP contribution is 2.07. The highest BCUT2D eigenvalue weighted by molar-refractivity contribution is 9.10. The maximum absolute atomic E-state index is 11.2. The van der Waals surface area contributed by atoms with Crippen LogP contribution in [0.3, 0.4) is 0 Å². The summed E-state index contributed by atoms with van der Waals surface area (Å²) in [5, 5.41) is 0. The van der Waals surface area contributed by atoms with Crippen LogP contribution >= 0.6 is 15.9 Å². The molecular formula is C10H12BrNO2. The number of carbonyl (C=O) groups excluding carboxylic acids is 1. The third-order valence-corrected chi connectivity index (χ3v) is 1.97. The van der Waals surface area contributed by atoms with Crippen molar-refractivity contribution in [3.05, 3.63) is 28.5 Å². The van der Waals surface area contributed by atoms with Crippen molar-refractivity contribution in [2.75, 3.05) is 0 Å². The van der Waals surface area contributed by atoms with Crippen LogP contribution < -0.4 is 0 Å². The predicted octanol–water partition coefficient (Wildman–Crippen LogP) is 2.34. The molecule has 0 atom stereocenters. The van der Waals surface area contributed by atoms with Crippen LogP contribution in [0.15, 0.2) is 22.9 Å². The van der Waals surface area contributed by atoms with E-state index in [0.29, 0.717) is 0 Å². The fourth-order valence-corrected chi connectivity index (χ4v) is 1.22. The summed E-state index contributed by atoms with van der Waals surface area (Å²) in [6, 6.07) is 3.65. The van der Waals surface area contributed by atoms with Gasteiger partial charge in [0.05, 0.1) is 12.5 Å². The monoisotopic (exact) mass is 257 g/mol. The van der Waals surface area contributed by atoms with Crippen molar-refractivity contribution in [2.24, 2.45) is 0 Å². The van der Waals surface area contributed by atoms with Crippen LogP contribution in [-0.2, 0) is 16.0 Å². The summed E-state index contributed by atoms with van der Waals surface area (Å²) in [6.45, 7) is 3.66. The number of esters is 1.